The molecule has 188 valence electrons. The fourth-order valence-electron chi connectivity index (χ4n) is 5.30. The predicted molar refractivity (Wildman–Crippen MR) is 145 cm³/mol. The maximum atomic E-state index is 16.1. The number of hydrogen-bond acceptors (Lipinski definition) is 6. The SMILES string of the molecule is Fc1c(-c2cncc(CN3CCCCC3)c2)ncc2[nH]nc(-c3nc4c(-c5ccccn5)cccc4[nH]3)c12. The van der Waals surface area contributed by atoms with Gasteiger partial charge in [-0.2, -0.15) is 5.10 Å². The van der Waals surface area contributed by atoms with E-state index in [4.69, 9.17) is 4.98 Å². The van der Waals surface area contributed by atoms with Crippen LogP contribution in [0.5, 0.6) is 0 Å². The molecule has 0 unspecified atom stereocenters. The minimum absolute atomic E-state index is 0.249. The van der Waals surface area contributed by atoms with Crippen LogP contribution in [0, 0.1) is 5.82 Å². The Morgan fingerprint density at radius 3 is 2.68 bits per heavy atom. The van der Waals surface area contributed by atoms with Crippen LogP contribution in [-0.2, 0) is 6.54 Å². The van der Waals surface area contributed by atoms with Gasteiger partial charge in [0.25, 0.3) is 0 Å². The average Bonchev–Trinajstić information content (AvgIpc) is 3.59. The number of hydrogen-bond donors (Lipinski definition) is 2. The van der Waals surface area contributed by atoms with Gasteiger partial charge < -0.3 is 4.98 Å². The van der Waals surface area contributed by atoms with Gasteiger partial charge in [0, 0.05) is 36.3 Å². The summed E-state index contributed by atoms with van der Waals surface area (Å²) in [6.45, 7) is 2.97. The molecule has 0 bridgehead atoms. The van der Waals surface area contributed by atoms with Crippen LogP contribution in [0.25, 0.3) is 56.0 Å². The molecule has 0 spiro atoms. The third kappa shape index (κ3) is 4.01. The van der Waals surface area contributed by atoms with Gasteiger partial charge in [-0.3, -0.25) is 25.0 Å². The highest BCUT2D eigenvalue weighted by molar-refractivity contribution is 5.97. The maximum absolute atomic E-state index is 16.1. The van der Waals surface area contributed by atoms with Crippen LogP contribution in [0.2, 0.25) is 0 Å². The van der Waals surface area contributed by atoms with Crippen molar-refractivity contribution in [2.75, 3.05) is 13.1 Å². The first-order chi connectivity index (χ1) is 18.7. The molecule has 1 aliphatic heterocycles. The topological polar surface area (TPSA) is 99.3 Å². The summed E-state index contributed by atoms with van der Waals surface area (Å²) < 4.78 is 16.1. The van der Waals surface area contributed by atoms with Crippen molar-refractivity contribution in [1.29, 1.82) is 0 Å². The zero-order chi connectivity index (χ0) is 25.5. The maximum Gasteiger partial charge on any atom is 0.161 e. The van der Waals surface area contributed by atoms with Crippen molar-refractivity contribution in [3.8, 4) is 34.0 Å². The molecule has 1 aromatic carbocycles. The summed E-state index contributed by atoms with van der Waals surface area (Å²) >= 11 is 0. The Kier molecular flexibility index (Phi) is 5.62. The molecule has 1 saturated heterocycles. The second kappa shape index (κ2) is 9.42. The third-order valence-electron chi connectivity index (χ3n) is 7.15. The molecule has 0 radical (unpaired) electrons. The monoisotopic (exact) mass is 504 g/mol. The molecule has 1 fully saturated rings. The number of rotatable bonds is 5. The number of aromatic amines is 2. The predicted octanol–water partition coefficient (Wildman–Crippen LogP) is 5.75. The zero-order valence-corrected chi connectivity index (χ0v) is 20.7. The van der Waals surface area contributed by atoms with Crippen LogP contribution in [0.4, 0.5) is 4.39 Å². The number of benzene rings is 1. The van der Waals surface area contributed by atoms with Crippen molar-refractivity contribution >= 4 is 21.9 Å². The molecule has 2 N–H and O–H groups in total. The summed E-state index contributed by atoms with van der Waals surface area (Å²) in [7, 11) is 0. The summed E-state index contributed by atoms with van der Waals surface area (Å²) in [4.78, 5) is 23.9. The molecule has 0 saturated carbocycles. The molecular weight excluding hydrogens is 479 g/mol. The van der Waals surface area contributed by atoms with Gasteiger partial charge in [-0.1, -0.05) is 24.6 Å². The fourth-order valence-corrected chi connectivity index (χ4v) is 5.30. The van der Waals surface area contributed by atoms with E-state index < -0.39 is 5.82 Å². The van der Waals surface area contributed by atoms with Crippen LogP contribution in [0.1, 0.15) is 24.8 Å². The largest absolute Gasteiger partial charge is 0.337 e. The Morgan fingerprint density at radius 2 is 1.82 bits per heavy atom. The first-order valence-corrected chi connectivity index (χ1v) is 12.8. The number of nitrogens with zero attached hydrogens (tertiary/aromatic N) is 6. The highest BCUT2D eigenvalue weighted by atomic mass is 19.1. The van der Waals surface area contributed by atoms with Crippen LogP contribution < -0.4 is 0 Å². The van der Waals surface area contributed by atoms with Crippen molar-refractivity contribution < 1.29 is 4.39 Å². The number of piperidine rings is 1. The van der Waals surface area contributed by atoms with Gasteiger partial charge in [0.1, 0.15) is 11.4 Å². The van der Waals surface area contributed by atoms with Gasteiger partial charge in [0.15, 0.2) is 11.6 Å². The van der Waals surface area contributed by atoms with Crippen molar-refractivity contribution in [3.63, 3.8) is 0 Å². The average molecular weight is 505 g/mol. The lowest BCUT2D eigenvalue weighted by Crippen LogP contribution is -2.29. The molecule has 7 rings (SSSR count). The Labute approximate surface area is 218 Å². The van der Waals surface area contributed by atoms with Gasteiger partial charge in [0.2, 0.25) is 0 Å². The first kappa shape index (κ1) is 22.7. The van der Waals surface area contributed by atoms with E-state index in [1.807, 2.05) is 48.7 Å². The van der Waals surface area contributed by atoms with Gasteiger partial charge in [-0.25, -0.2) is 9.37 Å². The van der Waals surface area contributed by atoms with E-state index in [9.17, 15) is 0 Å². The normalized spacial score (nSPS) is 14.4. The molecule has 0 aliphatic carbocycles. The molecule has 6 aromatic rings. The molecule has 0 amide bonds. The van der Waals surface area contributed by atoms with Crippen molar-refractivity contribution in [2.45, 2.75) is 25.8 Å². The van der Waals surface area contributed by atoms with E-state index in [1.165, 1.54) is 19.3 Å². The number of fused-ring (bicyclic) bond motifs is 2. The number of likely N-dealkylation sites (tertiary alicyclic amines) is 1. The van der Waals surface area contributed by atoms with Crippen molar-refractivity contribution in [1.82, 2.24) is 40.0 Å². The van der Waals surface area contributed by atoms with E-state index in [1.54, 1.807) is 18.6 Å². The Balaban J connectivity index is 1.29. The summed E-state index contributed by atoms with van der Waals surface area (Å²) in [5.74, 6) is 0.0243. The standard InChI is InChI=1S/C29H25FN8/c30-25-24-23(16-33-26(25)19-13-18(14-31-15-19)17-38-11-4-1-5-12-38)36-37-28(24)29-34-22-9-6-7-20(27(22)35-29)21-8-2-3-10-32-21/h2-3,6-10,13-16H,1,4-5,11-12,17H2,(H,34,35)(H,36,37). The molecule has 6 heterocycles. The molecule has 9 heteroatoms. The number of halogens is 1. The number of pyridine rings is 3. The Hall–Kier alpha value is -4.50. The lowest BCUT2D eigenvalue weighted by atomic mass is 10.1. The first-order valence-electron chi connectivity index (χ1n) is 12.8. The van der Waals surface area contributed by atoms with Gasteiger partial charge in [-0.05, 0) is 55.8 Å². The smallest absolute Gasteiger partial charge is 0.161 e. The Morgan fingerprint density at radius 1 is 0.895 bits per heavy atom. The van der Waals surface area contributed by atoms with Crippen LogP contribution in [0.15, 0.2) is 67.3 Å². The number of H-pyrrole nitrogens is 2. The summed E-state index contributed by atoms with van der Waals surface area (Å²) in [6.07, 6.45) is 10.6. The van der Waals surface area contributed by atoms with E-state index in [-0.39, 0.29) is 5.69 Å². The number of para-hydroxylation sites is 1. The van der Waals surface area contributed by atoms with Crippen LogP contribution >= 0.6 is 0 Å². The molecule has 5 aromatic heterocycles. The minimum atomic E-state index is -0.450. The second-order valence-corrected chi connectivity index (χ2v) is 9.70. The highest BCUT2D eigenvalue weighted by Gasteiger charge is 2.21. The van der Waals surface area contributed by atoms with E-state index in [2.05, 4.69) is 35.0 Å². The van der Waals surface area contributed by atoms with Crippen molar-refractivity contribution in [3.05, 3.63) is 78.6 Å². The molecule has 8 nitrogen and oxygen atoms in total. The molecule has 1 aliphatic rings. The summed E-state index contributed by atoms with van der Waals surface area (Å²) in [6, 6.07) is 13.6. The number of imidazole rings is 1. The van der Waals surface area contributed by atoms with Crippen LogP contribution in [-0.4, -0.2) is 53.1 Å². The molecular formula is C29H25FN8. The lowest BCUT2D eigenvalue weighted by molar-refractivity contribution is 0.220. The minimum Gasteiger partial charge on any atom is -0.337 e. The zero-order valence-electron chi connectivity index (χ0n) is 20.7. The van der Waals surface area contributed by atoms with E-state index >= 15 is 4.39 Å². The van der Waals surface area contributed by atoms with E-state index in [0.29, 0.717) is 28.0 Å². The molecule has 38 heavy (non-hydrogen) atoms. The van der Waals surface area contributed by atoms with Crippen molar-refractivity contribution in [2.24, 2.45) is 0 Å². The van der Waals surface area contributed by atoms with Gasteiger partial charge in [0.05, 0.1) is 33.8 Å². The second-order valence-electron chi connectivity index (χ2n) is 9.70. The summed E-state index contributed by atoms with van der Waals surface area (Å²) in [5, 5.41) is 7.67. The lowest BCUT2D eigenvalue weighted by Gasteiger charge is -2.26. The molecule has 0 atom stereocenters. The van der Waals surface area contributed by atoms with E-state index in [0.717, 1.165) is 47.5 Å². The Bertz CT molecular complexity index is 1750. The number of nitrogens with one attached hydrogen (secondary N) is 2. The summed E-state index contributed by atoms with van der Waals surface area (Å²) in [5.41, 5.74) is 6.14. The van der Waals surface area contributed by atoms with Gasteiger partial charge in [-0.15, -0.1) is 0 Å². The third-order valence-corrected chi connectivity index (χ3v) is 7.15. The van der Waals surface area contributed by atoms with Gasteiger partial charge >= 0.3 is 0 Å². The fraction of sp³-hybridized carbons (Fsp3) is 0.207. The quantitative estimate of drug-likeness (QED) is 0.310. The number of aromatic nitrogens is 7. The highest BCUT2D eigenvalue weighted by Crippen LogP contribution is 2.34. The van der Waals surface area contributed by atoms with Crippen LogP contribution in [0.3, 0.4) is 0 Å².